The number of hydrogen-bond acceptors (Lipinski definition) is 4. The molecule has 1 aromatic heterocycles. The van der Waals surface area contributed by atoms with Crippen LogP contribution in [0.3, 0.4) is 0 Å². The number of benzene rings is 1. The van der Waals surface area contributed by atoms with Crippen molar-refractivity contribution in [1.29, 1.82) is 0 Å². The zero-order chi connectivity index (χ0) is 14.7. The predicted molar refractivity (Wildman–Crippen MR) is 74.9 cm³/mol. The Morgan fingerprint density at radius 2 is 2.25 bits per heavy atom. The monoisotopic (exact) mass is 314 g/mol. The summed E-state index contributed by atoms with van der Waals surface area (Å²) in [6.07, 6.45) is 0. The normalized spacial score (nSPS) is 10.8. The molecule has 0 aliphatic carbocycles. The average Bonchev–Trinajstić information content (AvgIpc) is 2.70. The van der Waals surface area contributed by atoms with E-state index in [4.69, 9.17) is 17.3 Å². The van der Waals surface area contributed by atoms with Gasteiger partial charge in [0.1, 0.15) is 18.2 Å². The van der Waals surface area contributed by atoms with Crippen molar-refractivity contribution in [3.8, 4) is 0 Å². The van der Waals surface area contributed by atoms with Crippen molar-refractivity contribution in [2.24, 2.45) is 5.73 Å². The first kappa shape index (κ1) is 14.8. The Hall–Kier alpha value is -1.60. The molecule has 0 atom stereocenters. The molecule has 0 aliphatic heterocycles. The van der Waals surface area contributed by atoms with Crippen LogP contribution in [0.4, 0.5) is 4.39 Å². The molecule has 106 valence electrons. The number of hydrogen-bond donors (Lipinski definition) is 1. The van der Waals surface area contributed by atoms with Crippen LogP contribution in [0.1, 0.15) is 11.4 Å². The molecule has 8 heteroatoms. The Bertz CT molecular complexity index is 626. The Balaban J connectivity index is 2.17. The van der Waals surface area contributed by atoms with E-state index in [1.807, 2.05) is 0 Å². The molecular weight excluding hydrogens is 303 g/mol. The lowest BCUT2D eigenvalue weighted by Crippen LogP contribution is -2.20. The minimum absolute atomic E-state index is 0.00777. The van der Waals surface area contributed by atoms with E-state index in [2.05, 4.69) is 10.2 Å². The molecule has 0 saturated heterocycles. The number of nitrogens with zero attached hydrogens (tertiary/aromatic N) is 3. The summed E-state index contributed by atoms with van der Waals surface area (Å²) in [7, 11) is 0. The second-order valence-electron chi connectivity index (χ2n) is 4.07. The van der Waals surface area contributed by atoms with Crippen molar-refractivity contribution < 1.29 is 9.18 Å². The number of carbonyl (C=O) groups excluding carboxylic acids is 1. The first-order valence-electron chi connectivity index (χ1n) is 5.73. The van der Waals surface area contributed by atoms with Gasteiger partial charge in [0, 0.05) is 16.3 Å². The number of primary amides is 1. The molecule has 2 rings (SSSR count). The van der Waals surface area contributed by atoms with E-state index in [0.717, 1.165) is 0 Å². The molecule has 2 N–H and O–H groups in total. The fraction of sp³-hybridized carbons (Fsp3) is 0.250. The van der Waals surface area contributed by atoms with Gasteiger partial charge in [0.15, 0.2) is 5.16 Å². The van der Waals surface area contributed by atoms with Gasteiger partial charge in [-0.2, -0.15) is 0 Å². The molecule has 20 heavy (non-hydrogen) atoms. The summed E-state index contributed by atoms with van der Waals surface area (Å²) < 4.78 is 15.2. The van der Waals surface area contributed by atoms with Crippen molar-refractivity contribution in [3.63, 3.8) is 0 Å². The number of halogens is 2. The van der Waals surface area contributed by atoms with Gasteiger partial charge in [-0.25, -0.2) is 4.39 Å². The van der Waals surface area contributed by atoms with Gasteiger partial charge in [0.2, 0.25) is 5.91 Å². The standard InChI is InChI=1S/C12H12ClFN4OS/c1-7-16-17-12(18(7)5-11(15)19)20-6-8-9(13)3-2-4-10(8)14/h2-4H,5-6H2,1H3,(H2,15,19). The molecule has 0 saturated carbocycles. The minimum Gasteiger partial charge on any atom is -0.368 e. The molecule has 1 heterocycles. The van der Waals surface area contributed by atoms with E-state index in [0.29, 0.717) is 27.3 Å². The Labute approximate surface area is 124 Å². The third kappa shape index (κ3) is 3.29. The highest BCUT2D eigenvalue weighted by atomic mass is 35.5. The molecule has 0 aliphatic rings. The maximum atomic E-state index is 13.7. The van der Waals surface area contributed by atoms with Gasteiger partial charge in [-0.05, 0) is 19.1 Å². The van der Waals surface area contributed by atoms with Crippen LogP contribution >= 0.6 is 23.4 Å². The van der Waals surface area contributed by atoms with Crippen molar-refractivity contribution in [1.82, 2.24) is 14.8 Å². The second kappa shape index (κ2) is 6.23. The van der Waals surface area contributed by atoms with Crippen LogP contribution in [0.2, 0.25) is 5.02 Å². The molecule has 5 nitrogen and oxygen atoms in total. The van der Waals surface area contributed by atoms with Gasteiger partial charge in [-0.15, -0.1) is 10.2 Å². The topological polar surface area (TPSA) is 73.8 Å². The van der Waals surface area contributed by atoms with E-state index < -0.39 is 5.91 Å². The first-order valence-corrected chi connectivity index (χ1v) is 7.09. The number of rotatable bonds is 5. The van der Waals surface area contributed by atoms with Gasteiger partial charge in [-0.3, -0.25) is 9.36 Å². The average molecular weight is 315 g/mol. The van der Waals surface area contributed by atoms with Crippen LogP contribution < -0.4 is 5.73 Å². The Morgan fingerprint density at radius 3 is 2.90 bits per heavy atom. The molecule has 0 radical (unpaired) electrons. The van der Waals surface area contributed by atoms with Crippen molar-refractivity contribution in [2.45, 2.75) is 24.4 Å². The first-order chi connectivity index (χ1) is 9.49. The van der Waals surface area contributed by atoms with E-state index >= 15 is 0 Å². The molecule has 0 fully saturated rings. The lowest BCUT2D eigenvalue weighted by Gasteiger charge is -2.07. The van der Waals surface area contributed by atoms with E-state index in [1.165, 1.54) is 17.8 Å². The van der Waals surface area contributed by atoms with Crippen LogP contribution in [0, 0.1) is 12.7 Å². The van der Waals surface area contributed by atoms with Gasteiger partial charge in [-0.1, -0.05) is 29.4 Å². The maximum Gasteiger partial charge on any atom is 0.237 e. The Kier molecular flexibility index (Phi) is 4.61. The van der Waals surface area contributed by atoms with Crippen molar-refractivity contribution in [2.75, 3.05) is 0 Å². The van der Waals surface area contributed by atoms with Crippen LogP contribution in [-0.2, 0) is 17.1 Å². The second-order valence-corrected chi connectivity index (χ2v) is 5.42. The number of carbonyl (C=O) groups is 1. The van der Waals surface area contributed by atoms with E-state index in [9.17, 15) is 9.18 Å². The molecular formula is C12H12ClFN4OS. The number of nitrogens with two attached hydrogens (primary N) is 1. The molecule has 1 amide bonds. The van der Waals surface area contributed by atoms with E-state index in [1.54, 1.807) is 23.6 Å². The van der Waals surface area contributed by atoms with Crippen LogP contribution in [0.5, 0.6) is 0 Å². The minimum atomic E-state index is -0.487. The summed E-state index contributed by atoms with van der Waals surface area (Å²) in [5.41, 5.74) is 5.57. The number of amides is 1. The van der Waals surface area contributed by atoms with Crippen LogP contribution in [0.25, 0.3) is 0 Å². The summed E-state index contributed by atoms with van der Waals surface area (Å²) >= 11 is 7.20. The van der Waals surface area contributed by atoms with Gasteiger partial charge in [0.05, 0.1) is 0 Å². The smallest absolute Gasteiger partial charge is 0.237 e. The highest BCUT2D eigenvalue weighted by Gasteiger charge is 2.14. The molecule has 1 aromatic carbocycles. The number of aromatic nitrogens is 3. The summed E-state index contributed by atoms with van der Waals surface area (Å²) in [6, 6.07) is 4.52. The Morgan fingerprint density at radius 1 is 1.50 bits per heavy atom. The lowest BCUT2D eigenvalue weighted by atomic mass is 10.2. The zero-order valence-corrected chi connectivity index (χ0v) is 12.2. The molecule has 0 unspecified atom stereocenters. The van der Waals surface area contributed by atoms with Crippen molar-refractivity contribution in [3.05, 3.63) is 40.4 Å². The fourth-order valence-corrected chi connectivity index (χ4v) is 2.94. The van der Waals surface area contributed by atoms with Gasteiger partial charge < -0.3 is 5.73 Å². The van der Waals surface area contributed by atoms with E-state index in [-0.39, 0.29) is 12.4 Å². The summed E-state index contributed by atoms with van der Waals surface area (Å²) in [5.74, 6) is 0.00914. The highest BCUT2D eigenvalue weighted by molar-refractivity contribution is 7.98. The van der Waals surface area contributed by atoms with Gasteiger partial charge >= 0.3 is 0 Å². The predicted octanol–water partition coefficient (Wildman–Crippen LogP) is 2.16. The number of aryl methyl sites for hydroxylation is 1. The quantitative estimate of drug-likeness (QED) is 0.858. The zero-order valence-electron chi connectivity index (χ0n) is 10.6. The number of thioether (sulfide) groups is 1. The SMILES string of the molecule is Cc1nnc(SCc2c(F)cccc2Cl)n1CC(N)=O. The van der Waals surface area contributed by atoms with Gasteiger partial charge in [0.25, 0.3) is 0 Å². The molecule has 0 bridgehead atoms. The molecule has 0 spiro atoms. The third-order valence-corrected chi connectivity index (χ3v) is 3.97. The van der Waals surface area contributed by atoms with Crippen LogP contribution in [0.15, 0.2) is 23.4 Å². The lowest BCUT2D eigenvalue weighted by molar-refractivity contribution is -0.118. The fourth-order valence-electron chi connectivity index (χ4n) is 1.61. The van der Waals surface area contributed by atoms with Crippen LogP contribution in [-0.4, -0.2) is 20.7 Å². The molecule has 2 aromatic rings. The summed E-state index contributed by atoms with van der Waals surface area (Å²) in [6.45, 7) is 1.71. The maximum absolute atomic E-state index is 13.7. The summed E-state index contributed by atoms with van der Waals surface area (Å²) in [5, 5.41) is 8.69. The third-order valence-electron chi connectivity index (χ3n) is 2.62. The van der Waals surface area contributed by atoms with Crippen molar-refractivity contribution >= 4 is 29.3 Å². The summed E-state index contributed by atoms with van der Waals surface area (Å²) in [4.78, 5) is 11.0. The highest BCUT2D eigenvalue weighted by Crippen LogP contribution is 2.27. The largest absolute Gasteiger partial charge is 0.368 e.